The molecule has 134 valence electrons. The topological polar surface area (TPSA) is 127 Å². The van der Waals surface area contributed by atoms with Crippen LogP contribution in [0, 0.1) is 5.92 Å². The molecule has 0 unspecified atom stereocenters. The van der Waals surface area contributed by atoms with E-state index >= 15 is 0 Å². The molecule has 0 saturated carbocycles. The minimum absolute atomic E-state index is 0.238. The minimum Gasteiger partial charge on any atom is -0.480 e. The number of thioether (sulfide) groups is 1. The van der Waals surface area contributed by atoms with E-state index in [4.69, 9.17) is 0 Å². The van der Waals surface area contributed by atoms with E-state index in [1.165, 1.54) is 30.8 Å². The molecule has 0 aromatic heterocycles. The molecule has 0 spiro atoms. The summed E-state index contributed by atoms with van der Waals surface area (Å²) in [5.74, 6) is -3.81. The number of β-lactam (4-membered cyclic amide) rings is 1. The van der Waals surface area contributed by atoms with E-state index in [-0.39, 0.29) is 6.54 Å². The third-order valence-electron chi connectivity index (χ3n) is 4.35. The van der Waals surface area contributed by atoms with Crippen LogP contribution in [-0.2, 0) is 19.2 Å². The first kappa shape index (κ1) is 18.5. The molecule has 0 bridgehead atoms. The van der Waals surface area contributed by atoms with Crippen LogP contribution in [0.1, 0.15) is 13.8 Å². The number of aliphatic hydroxyl groups is 1. The standard InChI is InChI=1S/C14H21N3O6S/c1-14(2)9(13(22)23)17-10(20)7(12(17)24-14)8(19)11(21)16(4)5-6(18)15-3/h7-9,12,19H,5H2,1-4H3,(H,15,18)(H,22,23)/t7-,8+,9+,12-/m1/s1. The maximum Gasteiger partial charge on any atom is 0.327 e. The summed E-state index contributed by atoms with van der Waals surface area (Å²) in [6.07, 6.45) is -1.61. The van der Waals surface area contributed by atoms with Gasteiger partial charge in [-0.05, 0) is 13.8 Å². The van der Waals surface area contributed by atoms with Gasteiger partial charge in [-0.15, -0.1) is 11.8 Å². The van der Waals surface area contributed by atoms with Crippen molar-refractivity contribution in [3.63, 3.8) is 0 Å². The number of hydrogen-bond acceptors (Lipinski definition) is 6. The first-order chi connectivity index (χ1) is 11.0. The molecule has 3 amide bonds. The van der Waals surface area contributed by atoms with E-state index in [0.717, 1.165) is 4.90 Å². The van der Waals surface area contributed by atoms with E-state index in [2.05, 4.69) is 5.32 Å². The molecule has 10 heteroatoms. The molecular weight excluding hydrogens is 338 g/mol. The van der Waals surface area contributed by atoms with E-state index in [0.29, 0.717) is 0 Å². The summed E-state index contributed by atoms with van der Waals surface area (Å²) in [5.41, 5.74) is 0. The number of carboxylic acid groups (broad SMARTS) is 1. The van der Waals surface area contributed by atoms with Gasteiger partial charge in [0, 0.05) is 18.8 Å². The van der Waals surface area contributed by atoms with E-state index in [1.807, 2.05) is 0 Å². The van der Waals surface area contributed by atoms with Crippen molar-refractivity contribution in [3.8, 4) is 0 Å². The Morgan fingerprint density at radius 1 is 1.42 bits per heavy atom. The number of nitrogens with zero attached hydrogens (tertiary/aromatic N) is 2. The van der Waals surface area contributed by atoms with Gasteiger partial charge in [0.25, 0.3) is 5.91 Å². The molecule has 4 atom stereocenters. The predicted molar refractivity (Wildman–Crippen MR) is 84.9 cm³/mol. The highest BCUT2D eigenvalue weighted by molar-refractivity contribution is 8.01. The van der Waals surface area contributed by atoms with Crippen LogP contribution in [0.5, 0.6) is 0 Å². The van der Waals surface area contributed by atoms with Crippen LogP contribution in [0.4, 0.5) is 0 Å². The Morgan fingerprint density at radius 3 is 2.50 bits per heavy atom. The van der Waals surface area contributed by atoms with Gasteiger partial charge in [0.05, 0.1) is 11.9 Å². The SMILES string of the molecule is CNC(=O)CN(C)C(=O)[C@@H](O)[C@@H]1C(=O)N2[C@@H]1SC(C)(C)[C@@H]2C(=O)O. The first-order valence-electron chi connectivity index (χ1n) is 7.39. The zero-order chi connectivity index (χ0) is 18.4. The second-order valence-corrected chi connectivity index (χ2v) is 8.21. The van der Waals surface area contributed by atoms with Crippen molar-refractivity contribution in [1.82, 2.24) is 15.1 Å². The van der Waals surface area contributed by atoms with E-state index in [9.17, 15) is 29.4 Å². The fraction of sp³-hybridized carbons (Fsp3) is 0.714. The quantitative estimate of drug-likeness (QED) is 0.500. The summed E-state index contributed by atoms with van der Waals surface area (Å²) in [6.45, 7) is 3.19. The number of rotatable bonds is 5. The van der Waals surface area contributed by atoms with Gasteiger partial charge in [-0.1, -0.05) is 0 Å². The molecule has 2 aliphatic rings. The van der Waals surface area contributed by atoms with Crippen molar-refractivity contribution in [2.75, 3.05) is 20.6 Å². The predicted octanol–water partition coefficient (Wildman–Crippen LogP) is -1.69. The molecule has 0 aromatic rings. The molecular formula is C14H21N3O6S. The van der Waals surface area contributed by atoms with E-state index in [1.54, 1.807) is 13.8 Å². The van der Waals surface area contributed by atoms with Crippen LogP contribution in [0.2, 0.25) is 0 Å². The highest BCUT2D eigenvalue weighted by Gasteiger charge is 2.66. The number of aliphatic hydroxyl groups excluding tert-OH is 1. The molecule has 3 N–H and O–H groups in total. The van der Waals surface area contributed by atoms with Crippen LogP contribution in [0.15, 0.2) is 0 Å². The molecule has 0 radical (unpaired) electrons. The zero-order valence-electron chi connectivity index (χ0n) is 13.8. The average Bonchev–Trinajstić information content (AvgIpc) is 2.74. The zero-order valence-corrected chi connectivity index (χ0v) is 14.7. The number of aliphatic carboxylic acids is 1. The van der Waals surface area contributed by atoms with Crippen molar-refractivity contribution < 1.29 is 29.4 Å². The van der Waals surface area contributed by atoms with Crippen molar-refractivity contribution in [1.29, 1.82) is 0 Å². The fourth-order valence-electron chi connectivity index (χ4n) is 3.08. The number of amides is 3. The molecule has 2 rings (SSSR count). The Bertz CT molecular complexity index is 595. The fourth-order valence-corrected chi connectivity index (χ4v) is 4.80. The third kappa shape index (κ3) is 2.84. The maximum atomic E-state index is 12.3. The van der Waals surface area contributed by atoms with E-state index < -0.39 is 51.9 Å². The van der Waals surface area contributed by atoms with Gasteiger partial charge in [-0.3, -0.25) is 14.4 Å². The molecule has 0 aliphatic carbocycles. The highest BCUT2D eigenvalue weighted by atomic mass is 32.2. The van der Waals surface area contributed by atoms with Gasteiger partial charge in [0.2, 0.25) is 11.8 Å². The van der Waals surface area contributed by atoms with Crippen LogP contribution >= 0.6 is 11.8 Å². The Morgan fingerprint density at radius 2 is 2.00 bits per heavy atom. The summed E-state index contributed by atoms with van der Waals surface area (Å²) in [6, 6.07) is -0.998. The first-order valence-corrected chi connectivity index (χ1v) is 8.27. The molecule has 2 heterocycles. The van der Waals surface area contributed by atoms with Gasteiger partial charge < -0.3 is 25.3 Å². The number of fused-ring (bicyclic) bond motifs is 1. The molecule has 0 aromatic carbocycles. The average molecular weight is 359 g/mol. The summed E-state index contributed by atoms with van der Waals surface area (Å²) in [7, 11) is 2.78. The molecule has 2 fully saturated rings. The van der Waals surface area contributed by atoms with Crippen molar-refractivity contribution in [3.05, 3.63) is 0 Å². The molecule has 24 heavy (non-hydrogen) atoms. The third-order valence-corrected chi connectivity index (χ3v) is 5.94. The van der Waals surface area contributed by atoms with Gasteiger partial charge >= 0.3 is 5.97 Å². The monoisotopic (exact) mass is 359 g/mol. The lowest BCUT2D eigenvalue weighted by molar-refractivity contribution is -0.173. The number of likely N-dealkylation sites (N-methyl/N-ethyl adjacent to an activating group) is 2. The second kappa shape index (κ2) is 6.25. The Balaban J connectivity index is 2.12. The van der Waals surface area contributed by atoms with Gasteiger partial charge in [-0.2, -0.15) is 0 Å². The number of nitrogens with one attached hydrogen (secondary N) is 1. The Labute approximate surface area is 143 Å². The number of carbonyl (C=O) groups excluding carboxylic acids is 3. The minimum atomic E-state index is -1.61. The van der Waals surface area contributed by atoms with Crippen LogP contribution in [-0.4, -0.2) is 86.6 Å². The smallest absolute Gasteiger partial charge is 0.327 e. The normalized spacial score (nSPS) is 28.6. The number of carbonyl (C=O) groups is 4. The number of hydrogen-bond donors (Lipinski definition) is 3. The molecule has 9 nitrogen and oxygen atoms in total. The van der Waals surface area contributed by atoms with Crippen LogP contribution < -0.4 is 5.32 Å². The summed E-state index contributed by atoms with van der Waals surface area (Å²) >= 11 is 1.26. The highest BCUT2D eigenvalue weighted by Crippen LogP contribution is 2.54. The lowest BCUT2D eigenvalue weighted by Gasteiger charge is -2.45. The van der Waals surface area contributed by atoms with Crippen LogP contribution in [0.3, 0.4) is 0 Å². The van der Waals surface area contributed by atoms with Gasteiger partial charge in [0.1, 0.15) is 18.1 Å². The Kier molecular flexibility index (Phi) is 4.82. The Hall–Kier alpha value is -1.81. The summed E-state index contributed by atoms with van der Waals surface area (Å²) < 4.78 is -0.725. The van der Waals surface area contributed by atoms with Gasteiger partial charge in [-0.25, -0.2) is 4.79 Å². The van der Waals surface area contributed by atoms with Crippen molar-refractivity contribution >= 4 is 35.5 Å². The second-order valence-electron chi connectivity index (χ2n) is 6.44. The summed E-state index contributed by atoms with van der Waals surface area (Å²) in [4.78, 5) is 49.6. The van der Waals surface area contributed by atoms with Crippen molar-refractivity contribution in [2.45, 2.75) is 36.1 Å². The lowest BCUT2D eigenvalue weighted by Crippen LogP contribution is -2.67. The maximum absolute atomic E-state index is 12.3. The molecule has 2 aliphatic heterocycles. The van der Waals surface area contributed by atoms with Crippen molar-refractivity contribution in [2.24, 2.45) is 5.92 Å². The molecule has 2 saturated heterocycles. The summed E-state index contributed by atoms with van der Waals surface area (Å²) in [5, 5.41) is 21.4. The van der Waals surface area contributed by atoms with Crippen LogP contribution in [0.25, 0.3) is 0 Å². The largest absolute Gasteiger partial charge is 0.480 e. The van der Waals surface area contributed by atoms with Gasteiger partial charge in [0.15, 0.2) is 0 Å². The lowest BCUT2D eigenvalue weighted by atomic mass is 9.87. The number of carboxylic acids is 1.